The highest BCUT2D eigenvalue weighted by atomic mass is 31.1. The fraction of sp³-hybridized carbons (Fsp3) is 0.217. The average Bonchev–Trinajstić information content (AvgIpc) is 2.71. The van der Waals surface area contributed by atoms with Crippen molar-refractivity contribution in [2.45, 2.75) is 0 Å². The van der Waals surface area contributed by atoms with E-state index in [9.17, 15) is 0 Å². The number of benzene rings is 3. The van der Waals surface area contributed by atoms with Gasteiger partial charge in [0, 0.05) is 37.2 Å². The summed E-state index contributed by atoms with van der Waals surface area (Å²) in [6, 6.07) is 31.0. The minimum atomic E-state index is -0.558. The zero-order valence-corrected chi connectivity index (χ0v) is 16.1. The number of anilines is 1. The highest BCUT2D eigenvalue weighted by Crippen LogP contribution is 2.36. The molecular formula is C23H25N2P. The first-order valence-electron chi connectivity index (χ1n) is 9.26. The fourth-order valence-corrected chi connectivity index (χ4v) is 6.02. The molecular weight excluding hydrogens is 335 g/mol. The Bertz CT molecular complexity index is 788. The van der Waals surface area contributed by atoms with Crippen LogP contribution in [0.15, 0.2) is 84.9 Å². The van der Waals surface area contributed by atoms with Gasteiger partial charge in [0.05, 0.1) is 0 Å². The SMILES string of the molecule is CN1CCN(c2ccccc2P(c2ccccc2)c2ccccc2)CC1. The van der Waals surface area contributed by atoms with Crippen molar-refractivity contribution in [3.05, 3.63) is 84.9 Å². The van der Waals surface area contributed by atoms with Gasteiger partial charge in [-0.2, -0.15) is 0 Å². The van der Waals surface area contributed by atoms with E-state index >= 15 is 0 Å². The minimum absolute atomic E-state index is 0.558. The number of piperazine rings is 1. The van der Waals surface area contributed by atoms with Crippen molar-refractivity contribution < 1.29 is 0 Å². The van der Waals surface area contributed by atoms with Crippen molar-refractivity contribution in [2.24, 2.45) is 0 Å². The Balaban J connectivity index is 1.80. The number of rotatable bonds is 4. The van der Waals surface area contributed by atoms with Gasteiger partial charge >= 0.3 is 0 Å². The summed E-state index contributed by atoms with van der Waals surface area (Å²) in [5, 5.41) is 4.29. The monoisotopic (exact) mass is 360 g/mol. The third kappa shape index (κ3) is 3.67. The van der Waals surface area contributed by atoms with Gasteiger partial charge in [-0.05, 0) is 31.6 Å². The summed E-state index contributed by atoms with van der Waals surface area (Å²) in [5.41, 5.74) is 1.40. The zero-order chi connectivity index (χ0) is 17.8. The molecule has 1 fully saturated rings. The first-order chi connectivity index (χ1) is 12.8. The Morgan fingerprint density at radius 2 is 1.12 bits per heavy atom. The first kappa shape index (κ1) is 17.3. The molecule has 3 heteroatoms. The average molecular weight is 360 g/mol. The fourth-order valence-electron chi connectivity index (χ4n) is 3.55. The lowest BCUT2D eigenvalue weighted by Gasteiger charge is -2.36. The maximum Gasteiger partial charge on any atom is 0.0451 e. The van der Waals surface area contributed by atoms with Crippen LogP contribution >= 0.6 is 7.92 Å². The predicted molar refractivity (Wildman–Crippen MR) is 115 cm³/mol. The summed E-state index contributed by atoms with van der Waals surface area (Å²) in [6.07, 6.45) is 0. The number of likely N-dealkylation sites (N-methyl/N-ethyl adjacent to an activating group) is 1. The second kappa shape index (κ2) is 8.03. The second-order valence-corrected chi connectivity index (χ2v) is 8.97. The van der Waals surface area contributed by atoms with E-state index in [1.807, 2.05) is 0 Å². The molecule has 132 valence electrons. The Kier molecular flexibility index (Phi) is 5.34. The molecule has 1 saturated heterocycles. The van der Waals surface area contributed by atoms with Crippen LogP contribution in [0, 0.1) is 0 Å². The second-order valence-electron chi connectivity index (χ2n) is 6.79. The number of para-hydroxylation sites is 1. The van der Waals surface area contributed by atoms with Crippen LogP contribution in [0.2, 0.25) is 0 Å². The molecule has 1 heterocycles. The van der Waals surface area contributed by atoms with Gasteiger partial charge in [-0.25, -0.2) is 0 Å². The highest BCUT2D eigenvalue weighted by Gasteiger charge is 2.23. The minimum Gasteiger partial charge on any atom is -0.368 e. The lowest BCUT2D eigenvalue weighted by Crippen LogP contribution is -2.46. The Hall–Kier alpha value is -2.15. The van der Waals surface area contributed by atoms with Crippen LogP contribution in [0.25, 0.3) is 0 Å². The molecule has 26 heavy (non-hydrogen) atoms. The largest absolute Gasteiger partial charge is 0.368 e. The molecule has 0 unspecified atom stereocenters. The number of hydrogen-bond acceptors (Lipinski definition) is 2. The maximum atomic E-state index is 2.57. The quantitative estimate of drug-likeness (QED) is 0.660. The van der Waals surface area contributed by atoms with E-state index in [1.165, 1.54) is 21.6 Å². The Morgan fingerprint density at radius 1 is 0.615 bits per heavy atom. The molecule has 0 N–H and O–H groups in total. The van der Waals surface area contributed by atoms with Crippen LogP contribution in [0.1, 0.15) is 0 Å². The summed E-state index contributed by atoms with van der Waals surface area (Å²) in [7, 11) is 1.65. The third-order valence-corrected chi connectivity index (χ3v) is 7.48. The molecule has 3 aromatic rings. The molecule has 0 aliphatic carbocycles. The van der Waals surface area contributed by atoms with Crippen LogP contribution in [-0.2, 0) is 0 Å². The standard InChI is InChI=1S/C23H25N2P/c1-24-16-18-25(19-17-24)22-14-8-9-15-23(22)26(20-10-4-2-5-11-20)21-12-6-3-7-13-21/h2-15H,16-19H2,1H3. The maximum absolute atomic E-state index is 2.57. The summed E-state index contributed by atoms with van der Waals surface area (Å²) in [4.78, 5) is 4.98. The molecule has 0 bridgehead atoms. The highest BCUT2D eigenvalue weighted by molar-refractivity contribution is 7.80. The molecule has 0 spiro atoms. The van der Waals surface area contributed by atoms with Crippen LogP contribution in [0.4, 0.5) is 5.69 Å². The number of hydrogen-bond donors (Lipinski definition) is 0. The van der Waals surface area contributed by atoms with Crippen molar-refractivity contribution in [3.63, 3.8) is 0 Å². The van der Waals surface area contributed by atoms with E-state index in [1.54, 1.807) is 0 Å². The molecule has 0 atom stereocenters. The van der Waals surface area contributed by atoms with E-state index in [0.29, 0.717) is 0 Å². The van der Waals surface area contributed by atoms with Gasteiger partial charge in [0.15, 0.2) is 0 Å². The van der Waals surface area contributed by atoms with E-state index in [0.717, 1.165) is 26.2 Å². The van der Waals surface area contributed by atoms with Crippen molar-refractivity contribution in [1.29, 1.82) is 0 Å². The molecule has 2 nitrogen and oxygen atoms in total. The van der Waals surface area contributed by atoms with Gasteiger partial charge in [-0.1, -0.05) is 78.9 Å². The lowest BCUT2D eigenvalue weighted by molar-refractivity contribution is 0.313. The van der Waals surface area contributed by atoms with Gasteiger partial charge in [0.1, 0.15) is 0 Å². The third-order valence-electron chi connectivity index (χ3n) is 5.00. The van der Waals surface area contributed by atoms with Crippen molar-refractivity contribution in [3.8, 4) is 0 Å². The molecule has 0 saturated carbocycles. The smallest absolute Gasteiger partial charge is 0.0451 e. The van der Waals surface area contributed by atoms with Gasteiger partial charge in [0.25, 0.3) is 0 Å². The van der Waals surface area contributed by atoms with Gasteiger partial charge in [-0.15, -0.1) is 0 Å². The summed E-state index contributed by atoms with van der Waals surface area (Å²) in [5.74, 6) is 0. The lowest BCUT2D eigenvalue weighted by atomic mass is 10.2. The van der Waals surface area contributed by atoms with E-state index in [4.69, 9.17) is 0 Å². The zero-order valence-electron chi connectivity index (χ0n) is 15.3. The Labute approximate surface area is 157 Å². The molecule has 1 aliphatic heterocycles. The molecule has 1 aliphatic rings. The molecule has 3 aromatic carbocycles. The van der Waals surface area contributed by atoms with Crippen LogP contribution in [0.5, 0.6) is 0 Å². The van der Waals surface area contributed by atoms with Crippen LogP contribution in [0.3, 0.4) is 0 Å². The van der Waals surface area contributed by atoms with Gasteiger partial charge in [0.2, 0.25) is 0 Å². The van der Waals surface area contributed by atoms with E-state index in [2.05, 4.69) is 102 Å². The van der Waals surface area contributed by atoms with Crippen molar-refractivity contribution in [2.75, 3.05) is 38.1 Å². The molecule has 4 rings (SSSR count). The van der Waals surface area contributed by atoms with E-state index in [-0.39, 0.29) is 0 Å². The van der Waals surface area contributed by atoms with Crippen molar-refractivity contribution >= 4 is 29.5 Å². The summed E-state index contributed by atoms with van der Waals surface area (Å²) >= 11 is 0. The molecule has 0 radical (unpaired) electrons. The van der Waals surface area contributed by atoms with E-state index < -0.39 is 7.92 Å². The summed E-state index contributed by atoms with van der Waals surface area (Å²) < 4.78 is 0. The van der Waals surface area contributed by atoms with Gasteiger partial charge < -0.3 is 9.80 Å². The topological polar surface area (TPSA) is 6.48 Å². The van der Waals surface area contributed by atoms with Crippen LogP contribution in [-0.4, -0.2) is 38.1 Å². The normalized spacial score (nSPS) is 15.4. The predicted octanol–water partition coefficient (Wildman–Crippen LogP) is 3.20. The van der Waals surface area contributed by atoms with Crippen LogP contribution < -0.4 is 20.8 Å². The van der Waals surface area contributed by atoms with Gasteiger partial charge in [-0.3, -0.25) is 0 Å². The first-order valence-corrected chi connectivity index (χ1v) is 10.6. The number of nitrogens with zero attached hydrogens (tertiary/aromatic N) is 2. The Morgan fingerprint density at radius 3 is 1.69 bits per heavy atom. The van der Waals surface area contributed by atoms with Crippen molar-refractivity contribution in [1.82, 2.24) is 4.90 Å². The molecule has 0 aromatic heterocycles. The molecule has 0 amide bonds. The summed E-state index contributed by atoms with van der Waals surface area (Å²) in [6.45, 7) is 4.45.